The van der Waals surface area contributed by atoms with Gasteiger partial charge in [0.25, 0.3) is 0 Å². The fraction of sp³-hybridized carbons (Fsp3) is 1.00. The van der Waals surface area contributed by atoms with Crippen LogP contribution >= 0.6 is 0 Å². The van der Waals surface area contributed by atoms with Crippen LogP contribution in [0.15, 0.2) is 0 Å². The first-order valence-corrected chi connectivity index (χ1v) is 7.59. The summed E-state index contributed by atoms with van der Waals surface area (Å²) in [7, 11) is 4.62. The normalized spacial score (nSPS) is 46.3. The lowest BCUT2D eigenvalue weighted by atomic mass is 10.2. The van der Waals surface area contributed by atoms with Crippen molar-refractivity contribution >= 4 is 0 Å². The van der Waals surface area contributed by atoms with E-state index in [1.807, 2.05) is 0 Å². The van der Waals surface area contributed by atoms with Crippen molar-refractivity contribution in [3.8, 4) is 0 Å². The minimum atomic E-state index is 0.839. The molecular formula is C14H26N4. The van der Waals surface area contributed by atoms with E-state index in [1.165, 1.54) is 52.1 Å². The van der Waals surface area contributed by atoms with Crippen LogP contribution in [0.5, 0.6) is 0 Å². The van der Waals surface area contributed by atoms with E-state index in [4.69, 9.17) is 0 Å². The largest absolute Gasteiger partial charge is 0.301 e. The molecule has 102 valence electrons. The number of piperazine rings is 2. The molecule has 4 rings (SSSR count). The maximum Gasteiger partial charge on any atom is 0.0511 e. The molecule has 0 spiro atoms. The predicted molar refractivity (Wildman–Crippen MR) is 72.5 cm³/mol. The van der Waals surface area contributed by atoms with Gasteiger partial charge in [0, 0.05) is 50.3 Å². The topological polar surface area (TPSA) is 13.0 Å². The van der Waals surface area contributed by atoms with Crippen molar-refractivity contribution in [1.29, 1.82) is 0 Å². The zero-order valence-corrected chi connectivity index (χ0v) is 11.8. The summed E-state index contributed by atoms with van der Waals surface area (Å²) in [5.41, 5.74) is 0. The van der Waals surface area contributed by atoms with E-state index in [0.717, 1.165) is 24.2 Å². The Kier molecular flexibility index (Phi) is 2.70. The number of rotatable bonds is 2. The molecule has 4 atom stereocenters. The summed E-state index contributed by atoms with van der Waals surface area (Å²) in [5.74, 6) is 0. The average molecular weight is 250 g/mol. The van der Waals surface area contributed by atoms with Gasteiger partial charge in [-0.1, -0.05) is 0 Å². The van der Waals surface area contributed by atoms with Crippen LogP contribution in [0.1, 0.15) is 19.3 Å². The summed E-state index contributed by atoms with van der Waals surface area (Å²) >= 11 is 0. The van der Waals surface area contributed by atoms with E-state index in [-0.39, 0.29) is 0 Å². The molecule has 0 saturated carbocycles. The van der Waals surface area contributed by atoms with E-state index < -0.39 is 0 Å². The van der Waals surface area contributed by atoms with Crippen LogP contribution in [0.3, 0.4) is 0 Å². The Morgan fingerprint density at radius 1 is 0.833 bits per heavy atom. The van der Waals surface area contributed by atoms with Gasteiger partial charge in [-0.3, -0.25) is 14.7 Å². The first kappa shape index (κ1) is 11.6. The minimum Gasteiger partial charge on any atom is -0.301 e. The molecule has 0 aliphatic carbocycles. The Morgan fingerprint density at radius 3 is 2.11 bits per heavy atom. The molecule has 4 fully saturated rings. The summed E-state index contributed by atoms with van der Waals surface area (Å²) in [4.78, 5) is 10.6. The fourth-order valence-corrected chi connectivity index (χ4v) is 4.69. The van der Waals surface area contributed by atoms with Gasteiger partial charge in [0.1, 0.15) is 0 Å². The SMILES string of the molecule is CN1CC2CC1CN2CN1CC2CCC(C1)N2C. The van der Waals surface area contributed by atoms with Crippen molar-refractivity contribution in [2.24, 2.45) is 0 Å². The van der Waals surface area contributed by atoms with E-state index in [2.05, 4.69) is 33.7 Å². The molecule has 0 aromatic carbocycles. The number of hydrogen-bond acceptors (Lipinski definition) is 4. The van der Waals surface area contributed by atoms with Crippen LogP contribution in [0.4, 0.5) is 0 Å². The van der Waals surface area contributed by atoms with E-state index >= 15 is 0 Å². The molecular weight excluding hydrogens is 224 g/mol. The third-order valence-electron chi connectivity index (χ3n) is 5.93. The van der Waals surface area contributed by atoms with Crippen LogP contribution in [-0.4, -0.2) is 90.7 Å². The second kappa shape index (κ2) is 4.17. The molecule has 4 aliphatic rings. The molecule has 4 aliphatic heterocycles. The third-order valence-corrected chi connectivity index (χ3v) is 5.93. The highest BCUT2D eigenvalue weighted by atomic mass is 15.4. The van der Waals surface area contributed by atoms with Crippen LogP contribution in [0, 0.1) is 0 Å². The highest BCUT2D eigenvalue weighted by Gasteiger charge is 2.43. The Hall–Kier alpha value is -0.160. The summed E-state index contributed by atoms with van der Waals surface area (Å²) in [5, 5.41) is 0. The third kappa shape index (κ3) is 1.73. The van der Waals surface area contributed by atoms with Crippen molar-refractivity contribution in [3.63, 3.8) is 0 Å². The smallest absolute Gasteiger partial charge is 0.0511 e. The van der Waals surface area contributed by atoms with Gasteiger partial charge < -0.3 is 4.90 Å². The number of likely N-dealkylation sites (N-methyl/N-ethyl adjacent to an activating group) is 2. The molecule has 0 aromatic heterocycles. The van der Waals surface area contributed by atoms with Gasteiger partial charge in [-0.2, -0.15) is 0 Å². The minimum absolute atomic E-state index is 0.839. The molecule has 4 unspecified atom stereocenters. The Morgan fingerprint density at radius 2 is 1.56 bits per heavy atom. The molecule has 4 heteroatoms. The molecule has 4 nitrogen and oxygen atoms in total. The summed E-state index contributed by atoms with van der Waals surface area (Å²) in [6, 6.07) is 3.37. The molecule has 4 bridgehead atoms. The molecule has 0 aromatic rings. The highest BCUT2D eigenvalue weighted by Crippen LogP contribution is 2.32. The van der Waals surface area contributed by atoms with Crippen molar-refractivity contribution in [2.75, 3.05) is 46.9 Å². The summed E-state index contributed by atoms with van der Waals surface area (Å²) in [6.45, 7) is 6.44. The van der Waals surface area contributed by atoms with Crippen LogP contribution < -0.4 is 0 Å². The number of fused-ring (bicyclic) bond motifs is 4. The maximum atomic E-state index is 2.75. The van der Waals surface area contributed by atoms with Gasteiger partial charge in [-0.25, -0.2) is 0 Å². The van der Waals surface area contributed by atoms with Crippen molar-refractivity contribution < 1.29 is 0 Å². The molecule has 0 radical (unpaired) electrons. The Labute approximate surface area is 110 Å². The van der Waals surface area contributed by atoms with Crippen LogP contribution in [0.2, 0.25) is 0 Å². The second-order valence-electron chi connectivity index (χ2n) is 6.98. The fourth-order valence-electron chi connectivity index (χ4n) is 4.69. The second-order valence-corrected chi connectivity index (χ2v) is 6.98. The summed E-state index contributed by atoms with van der Waals surface area (Å²) < 4.78 is 0. The van der Waals surface area contributed by atoms with Crippen LogP contribution in [0.25, 0.3) is 0 Å². The first-order valence-electron chi connectivity index (χ1n) is 7.59. The number of likely N-dealkylation sites (tertiary alicyclic amines) is 3. The molecule has 4 heterocycles. The monoisotopic (exact) mass is 250 g/mol. The first-order chi connectivity index (χ1) is 8.70. The van der Waals surface area contributed by atoms with Gasteiger partial charge in [0.15, 0.2) is 0 Å². The lowest BCUT2D eigenvalue weighted by Gasteiger charge is -2.42. The average Bonchev–Trinajstić information content (AvgIpc) is 2.93. The zero-order chi connectivity index (χ0) is 12.3. The molecule has 0 amide bonds. The Bertz CT molecular complexity index is 318. The van der Waals surface area contributed by atoms with Gasteiger partial charge in [0.2, 0.25) is 0 Å². The number of hydrogen-bond donors (Lipinski definition) is 0. The maximum absolute atomic E-state index is 2.75. The Balaban J connectivity index is 1.37. The quantitative estimate of drug-likeness (QED) is 0.690. The van der Waals surface area contributed by atoms with Crippen molar-refractivity contribution in [2.45, 2.75) is 43.4 Å². The molecule has 4 saturated heterocycles. The highest BCUT2D eigenvalue weighted by molar-refractivity contribution is 4.99. The van der Waals surface area contributed by atoms with Gasteiger partial charge in [0.05, 0.1) is 6.67 Å². The van der Waals surface area contributed by atoms with E-state index in [0.29, 0.717) is 0 Å². The lowest BCUT2D eigenvalue weighted by molar-refractivity contribution is 0.0249. The molecule has 18 heavy (non-hydrogen) atoms. The van der Waals surface area contributed by atoms with Crippen molar-refractivity contribution in [1.82, 2.24) is 19.6 Å². The number of nitrogens with zero attached hydrogens (tertiary/aromatic N) is 4. The van der Waals surface area contributed by atoms with E-state index in [9.17, 15) is 0 Å². The van der Waals surface area contributed by atoms with Crippen molar-refractivity contribution in [3.05, 3.63) is 0 Å². The predicted octanol–water partition coefficient (Wildman–Crippen LogP) is 0.111. The zero-order valence-electron chi connectivity index (χ0n) is 11.8. The van der Waals surface area contributed by atoms with Gasteiger partial charge >= 0.3 is 0 Å². The standard InChI is InChI=1S/C14H26N4/c1-15-6-14-5-13(15)9-18(14)10-17-7-11-3-4-12(8-17)16(11)2/h11-14H,3-10H2,1-2H3. The van der Waals surface area contributed by atoms with Gasteiger partial charge in [-0.15, -0.1) is 0 Å². The summed E-state index contributed by atoms with van der Waals surface area (Å²) in [6.07, 6.45) is 4.26. The van der Waals surface area contributed by atoms with Gasteiger partial charge in [-0.05, 0) is 33.4 Å². The lowest BCUT2D eigenvalue weighted by Crippen LogP contribution is -2.56. The molecule has 0 N–H and O–H groups in total. The van der Waals surface area contributed by atoms with Crippen LogP contribution in [-0.2, 0) is 0 Å². The van der Waals surface area contributed by atoms with E-state index in [1.54, 1.807) is 0 Å².